The third kappa shape index (κ3) is 1.51. The highest BCUT2D eigenvalue weighted by Crippen LogP contribution is 2.17. The maximum atomic E-state index is 13.3. The Labute approximate surface area is 81.2 Å². The van der Waals surface area contributed by atoms with E-state index >= 15 is 0 Å². The SMILES string of the molecule is CCn1[c]nc(-c2ccccc2F)n1. The van der Waals surface area contributed by atoms with Gasteiger partial charge in [0, 0.05) is 6.54 Å². The molecule has 0 aliphatic rings. The van der Waals surface area contributed by atoms with Crippen molar-refractivity contribution in [1.82, 2.24) is 14.8 Å². The quantitative estimate of drug-likeness (QED) is 0.724. The highest BCUT2D eigenvalue weighted by atomic mass is 19.1. The van der Waals surface area contributed by atoms with Crippen molar-refractivity contribution < 1.29 is 4.39 Å². The summed E-state index contributed by atoms with van der Waals surface area (Å²) in [5.41, 5.74) is 0.413. The van der Waals surface area contributed by atoms with Gasteiger partial charge in [-0.2, -0.15) is 5.10 Å². The van der Waals surface area contributed by atoms with Crippen LogP contribution in [0.4, 0.5) is 4.39 Å². The molecule has 4 heteroatoms. The molecule has 0 spiro atoms. The number of aromatic nitrogens is 3. The molecule has 0 fully saturated rings. The summed E-state index contributed by atoms with van der Waals surface area (Å²) in [6.07, 6.45) is 2.67. The Balaban J connectivity index is 2.44. The van der Waals surface area contributed by atoms with Gasteiger partial charge in [-0.3, -0.25) is 0 Å². The fraction of sp³-hybridized carbons (Fsp3) is 0.200. The smallest absolute Gasteiger partial charge is 0.196 e. The Morgan fingerprint density at radius 3 is 2.86 bits per heavy atom. The van der Waals surface area contributed by atoms with Crippen molar-refractivity contribution in [2.24, 2.45) is 0 Å². The summed E-state index contributed by atoms with van der Waals surface area (Å²) in [6.45, 7) is 2.61. The van der Waals surface area contributed by atoms with Crippen molar-refractivity contribution in [1.29, 1.82) is 0 Å². The molecule has 3 nitrogen and oxygen atoms in total. The van der Waals surface area contributed by atoms with E-state index in [2.05, 4.69) is 16.4 Å². The first-order valence-corrected chi connectivity index (χ1v) is 4.38. The van der Waals surface area contributed by atoms with E-state index in [1.165, 1.54) is 6.07 Å². The summed E-state index contributed by atoms with van der Waals surface area (Å²) in [5.74, 6) is 0.0692. The lowest BCUT2D eigenvalue weighted by atomic mass is 10.2. The van der Waals surface area contributed by atoms with Crippen LogP contribution >= 0.6 is 0 Å². The first-order valence-electron chi connectivity index (χ1n) is 4.38. The van der Waals surface area contributed by atoms with Crippen molar-refractivity contribution in [3.8, 4) is 11.4 Å². The van der Waals surface area contributed by atoms with E-state index in [1.54, 1.807) is 22.9 Å². The minimum atomic E-state index is -0.310. The number of rotatable bonds is 2. The number of nitrogens with zero attached hydrogens (tertiary/aromatic N) is 3. The van der Waals surface area contributed by atoms with Crippen LogP contribution in [-0.4, -0.2) is 14.8 Å². The predicted molar refractivity (Wildman–Crippen MR) is 49.9 cm³/mol. The van der Waals surface area contributed by atoms with Crippen LogP contribution in [0.1, 0.15) is 6.92 Å². The van der Waals surface area contributed by atoms with Crippen molar-refractivity contribution in [3.05, 3.63) is 36.4 Å². The lowest BCUT2D eigenvalue weighted by molar-refractivity contribution is 0.626. The molecule has 1 aromatic heterocycles. The van der Waals surface area contributed by atoms with E-state index in [-0.39, 0.29) is 5.82 Å². The Morgan fingerprint density at radius 2 is 2.21 bits per heavy atom. The minimum Gasteiger partial charge on any atom is -0.243 e. The largest absolute Gasteiger partial charge is 0.243 e. The van der Waals surface area contributed by atoms with E-state index in [1.807, 2.05) is 6.92 Å². The molecule has 0 saturated carbocycles. The Hall–Kier alpha value is -1.71. The van der Waals surface area contributed by atoms with Crippen LogP contribution < -0.4 is 0 Å². The average Bonchev–Trinajstić information content (AvgIpc) is 2.67. The van der Waals surface area contributed by atoms with Crippen LogP contribution in [0.5, 0.6) is 0 Å². The second-order valence-electron chi connectivity index (χ2n) is 2.83. The maximum absolute atomic E-state index is 13.3. The van der Waals surface area contributed by atoms with Crippen LogP contribution in [0.15, 0.2) is 24.3 Å². The fourth-order valence-corrected chi connectivity index (χ4v) is 1.16. The molecule has 0 aliphatic carbocycles. The molecule has 1 heterocycles. The molecule has 71 valence electrons. The van der Waals surface area contributed by atoms with Gasteiger partial charge in [-0.1, -0.05) is 12.1 Å². The molecule has 0 bridgehead atoms. The second kappa shape index (κ2) is 3.57. The van der Waals surface area contributed by atoms with Crippen LogP contribution in [0.3, 0.4) is 0 Å². The minimum absolute atomic E-state index is 0.310. The standard InChI is InChI=1S/C10H9FN3/c1-2-14-7-12-10(13-14)8-5-3-4-6-9(8)11/h3-6H,2H2,1H3. The number of hydrogen-bond acceptors (Lipinski definition) is 2. The lowest BCUT2D eigenvalue weighted by Gasteiger charge is -1.96. The van der Waals surface area contributed by atoms with Crippen LogP contribution in [0.2, 0.25) is 0 Å². The topological polar surface area (TPSA) is 30.7 Å². The summed E-state index contributed by atoms with van der Waals surface area (Å²) in [4.78, 5) is 3.90. The summed E-state index contributed by atoms with van der Waals surface area (Å²) in [5, 5.41) is 4.07. The van der Waals surface area contributed by atoms with Crippen LogP contribution in [-0.2, 0) is 6.54 Å². The van der Waals surface area contributed by atoms with Crippen molar-refractivity contribution in [3.63, 3.8) is 0 Å². The summed E-state index contributed by atoms with van der Waals surface area (Å²) in [7, 11) is 0. The van der Waals surface area contributed by atoms with Gasteiger partial charge >= 0.3 is 0 Å². The third-order valence-electron chi connectivity index (χ3n) is 1.90. The number of halogens is 1. The Morgan fingerprint density at radius 1 is 1.43 bits per heavy atom. The second-order valence-corrected chi connectivity index (χ2v) is 2.83. The van der Waals surface area contributed by atoms with Crippen LogP contribution in [0, 0.1) is 12.1 Å². The molecule has 14 heavy (non-hydrogen) atoms. The fourth-order valence-electron chi connectivity index (χ4n) is 1.16. The van der Waals surface area contributed by atoms with Crippen molar-refractivity contribution >= 4 is 0 Å². The van der Waals surface area contributed by atoms with Gasteiger partial charge in [0.25, 0.3) is 0 Å². The molecule has 0 N–H and O–H groups in total. The monoisotopic (exact) mass is 190 g/mol. The summed E-state index contributed by atoms with van der Waals surface area (Å²) >= 11 is 0. The van der Waals surface area contributed by atoms with Gasteiger partial charge < -0.3 is 0 Å². The molecule has 0 aliphatic heterocycles. The van der Waals surface area contributed by atoms with Crippen molar-refractivity contribution in [2.75, 3.05) is 0 Å². The average molecular weight is 190 g/mol. The Kier molecular flexibility index (Phi) is 2.26. The summed E-state index contributed by atoms with van der Waals surface area (Å²) in [6, 6.07) is 6.44. The van der Waals surface area contributed by atoms with Gasteiger partial charge in [0.2, 0.25) is 0 Å². The van der Waals surface area contributed by atoms with E-state index in [9.17, 15) is 4.39 Å². The van der Waals surface area contributed by atoms with Gasteiger partial charge in [-0.15, -0.1) is 0 Å². The zero-order valence-corrected chi connectivity index (χ0v) is 7.74. The normalized spacial score (nSPS) is 10.4. The molecule has 2 aromatic rings. The van der Waals surface area contributed by atoms with Gasteiger partial charge in [-0.25, -0.2) is 14.1 Å². The molecule has 2 rings (SSSR count). The molecule has 1 radical (unpaired) electrons. The summed E-state index contributed by atoms with van der Waals surface area (Å²) < 4.78 is 14.8. The predicted octanol–water partition coefficient (Wildman–Crippen LogP) is 1.90. The van der Waals surface area contributed by atoms with E-state index < -0.39 is 0 Å². The first kappa shape index (κ1) is 8.87. The molecule has 1 aromatic carbocycles. The Bertz CT molecular complexity index is 436. The molecule has 0 atom stereocenters. The molecule has 0 saturated heterocycles. The van der Waals surface area contributed by atoms with Gasteiger partial charge in [0.1, 0.15) is 5.82 Å². The van der Waals surface area contributed by atoms with E-state index in [4.69, 9.17) is 0 Å². The lowest BCUT2D eigenvalue weighted by Crippen LogP contribution is -1.94. The zero-order chi connectivity index (χ0) is 9.97. The molecule has 0 unspecified atom stereocenters. The maximum Gasteiger partial charge on any atom is 0.196 e. The van der Waals surface area contributed by atoms with E-state index in [0.29, 0.717) is 17.9 Å². The van der Waals surface area contributed by atoms with E-state index in [0.717, 1.165) is 0 Å². The number of benzene rings is 1. The van der Waals surface area contributed by atoms with Gasteiger partial charge in [0.05, 0.1) is 5.56 Å². The highest BCUT2D eigenvalue weighted by molar-refractivity contribution is 5.54. The first-order chi connectivity index (χ1) is 6.81. The van der Waals surface area contributed by atoms with Crippen LogP contribution in [0.25, 0.3) is 11.4 Å². The van der Waals surface area contributed by atoms with Crippen molar-refractivity contribution in [2.45, 2.75) is 13.5 Å². The molecular weight excluding hydrogens is 181 g/mol. The third-order valence-corrected chi connectivity index (χ3v) is 1.90. The highest BCUT2D eigenvalue weighted by Gasteiger charge is 2.08. The van der Waals surface area contributed by atoms with Gasteiger partial charge in [0.15, 0.2) is 12.2 Å². The van der Waals surface area contributed by atoms with Gasteiger partial charge in [-0.05, 0) is 19.1 Å². The number of aryl methyl sites for hydroxylation is 1. The molecular formula is C10H9FN3. The molecule has 0 amide bonds. The number of hydrogen-bond donors (Lipinski definition) is 0. The zero-order valence-electron chi connectivity index (χ0n) is 7.74.